The molecule has 0 amide bonds. The summed E-state index contributed by atoms with van der Waals surface area (Å²) in [5.74, 6) is 1.01. The number of ether oxygens (including phenoxy) is 1. The van der Waals surface area contributed by atoms with Crippen molar-refractivity contribution in [3.05, 3.63) is 35.9 Å². The third kappa shape index (κ3) is 2.37. The number of morpholine rings is 1. The largest absolute Gasteiger partial charge is 0.375 e. The number of hydrogen-bond acceptors (Lipinski definition) is 4. The van der Waals surface area contributed by atoms with Crippen LogP contribution in [0.15, 0.2) is 30.3 Å². The van der Waals surface area contributed by atoms with E-state index in [-0.39, 0.29) is 6.10 Å². The molecule has 1 aromatic heterocycles. The number of nitrogens with zero attached hydrogens (tertiary/aromatic N) is 2. The Balaban J connectivity index is 2.08. The molecule has 3 rings (SSSR count). The minimum absolute atomic E-state index is 0.227. The van der Waals surface area contributed by atoms with E-state index in [1.807, 2.05) is 18.2 Å². The lowest BCUT2D eigenvalue weighted by Gasteiger charge is -2.38. The monoisotopic (exact) mass is 271 g/mol. The normalized spacial score (nSPS) is 23.2. The van der Waals surface area contributed by atoms with Crippen LogP contribution in [0.4, 0.5) is 5.82 Å². The maximum Gasteiger partial charge on any atom is 0.134 e. The summed E-state index contributed by atoms with van der Waals surface area (Å²) >= 11 is 0. The van der Waals surface area contributed by atoms with Crippen LogP contribution >= 0.6 is 0 Å². The van der Waals surface area contributed by atoms with Crippen LogP contribution in [0.5, 0.6) is 0 Å². The van der Waals surface area contributed by atoms with Gasteiger partial charge in [0.25, 0.3) is 0 Å². The number of nitrogens with two attached hydrogens (primary N) is 1. The second-order valence-electron chi connectivity index (χ2n) is 5.51. The van der Waals surface area contributed by atoms with Gasteiger partial charge >= 0.3 is 0 Å². The maximum absolute atomic E-state index is 5.93. The molecule has 2 heterocycles. The molecule has 2 unspecified atom stereocenters. The first-order valence-corrected chi connectivity index (χ1v) is 7.16. The molecular formula is C16H21N3O. The van der Waals surface area contributed by atoms with E-state index in [0.717, 1.165) is 35.4 Å². The molecule has 4 nitrogen and oxygen atoms in total. The molecule has 2 N–H and O–H groups in total. The summed E-state index contributed by atoms with van der Waals surface area (Å²) in [4.78, 5) is 7.17. The fraction of sp³-hybridized carbons (Fsp3) is 0.438. The third-order valence-electron chi connectivity index (χ3n) is 3.88. The Morgan fingerprint density at radius 2 is 2.15 bits per heavy atom. The molecule has 1 aliphatic rings. The van der Waals surface area contributed by atoms with Gasteiger partial charge in [0.2, 0.25) is 0 Å². The van der Waals surface area contributed by atoms with Crippen molar-refractivity contribution in [2.24, 2.45) is 5.73 Å². The number of anilines is 1. The number of hydrogen-bond donors (Lipinski definition) is 1. The van der Waals surface area contributed by atoms with Crippen LogP contribution in [-0.2, 0) is 11.3 Å². The molecule has 0 saturated carbocycles. The first-order valence-electron chi connectivity index (χ1n) is 7.16. The summed E-state index contributed by atoms with van der Waals surface area (Å²) in [6.07, 6.45) is 0.227. The lowest BCUT2D eigenvalue weighted by Crippen LogP contribution is -2.48. The lowest BCUT2D eigenvalue weighted by molar-refractivity contribution is 0.0340. The van der Waals surface area contributed by atoms with Crippen molar-refractivity contribution in [1.29, 1.82) is 0 Å². The molecule has 106 valence electrons. The molecule has 2 atom stereocenters. The van der Waals surface area contributed by atoms with Crippen molar-refractivity contribution in [1.82, 2.24) is 4.98 Å². The number of aromatic nitrogens is 1. The van der Waals surface area contributed by atoms with Gasteiger partial charge in [0.05, 0.1) is 24.3 Å². The predicted molar refractivity (Wildman–Crippen MR) is 81.9 cm³/mol. The van der Waals surface area contributed by atoms with Crippen LogP contribution in [0.25, 0.3) is 10.9 Å². The molecule has 1 fully saturated rings. The Hall–Kier alpha value is -1.65. The molecule has 0 spiro atoms. The highest BCUT2D eigenvalue weighted by molar-refractivity contribution is 5.81. The van der Waals surface area contributed by atoms with E-state index in [4.69, 9.17) is 15.5 Å². The molecule has 2 aromatic rings. The van der Waals surface area contributed by atoms with Gasteiger partial charge in [-0.25, -0.2) is 4.98 Å². The van der Waals surface area contributed by atoms with Crippen molar-refractivity contribution in [2.75, 3.05) is 18.1 Å². The maximum atomic E-state index is 5.93. The minimum Gasteiger partial charge on any atom is -0.375 e. The van der Waals surface area contributed by atoms with E-state index in [1.165, 1.54) is 0 Å². The van der Waals surface area contributed by atoms with Crippen LogP contribution in [0, 0.1) is 0 Å². The van der Waals surface area contributed by atoms with Gasteiger partial charge in [-0.05, 0) is 26.0 Å². The van der Waals surface area contributed by atoms with Crippen LogP contribution in [0.3, 0.4) is 0 Å². The van der Waals surface area contributed by atoms with E-state index in [2.05, 4.69) is 30.9 Å². The number of rotatable bonds is 2. The predicted octanol–water partition coefficient (Wildman–Crippen LogP) is 2.31. The quantitative estimate of drug-likeness (QED) is 0.910. The smallest absolute Gasteiger partial charge is 0.134 e. The Morgan fingerprint density at radius 1 is 1.35 bits per heavy atom. The molecule has 1 aromatic carbocycles. The highest BCUT2D eigenvalue weighted by atomic mass is 16.5. The molecular weight excluding hydrogens is 250 g/mol. The van der Waals surface area contributed by atoms with Crippen molar-refractivity contribution >= 4 is 16.7 Å². The van der Waals surface area contributed by atoms with E-state index in [0.29, 0.717) is 12.6 Å². The van der Waals surface area contributed by atoms with Gasteiger partial charge in [-0.2, -0.15) is 0 Å². The van der Waals surface area contributed by atoms with Gasteiger partial charge in [0.15, 0.2) is 0 Å². The summed E-state index contributed by atoms with van der Waals surface area (Å²) in [5, 5.41) is 1.14. The SMILES string of the molecule is CC1CN(c2nc3ccccc3cc2CN)C(C)CO1. The molecule has 0 radical (unpaired) electrons. The highest BCUT2D eigenvalue weighted by Crippen LogP contribution is 2.27. The average Bonchev–Trinajstić information content (AvgIpc) is 2.48. The Bertz CT molecular complexity index is 614. The number of para-hydroxylation sites is 1. The standard InChI is InChI=1S/C16H21N3O/c1-11-10-20-12(2)9-19(11)16-14(8-17)7-13-5-3-4-6-15(13)18-16/h3-7,11-12H,8-10,17H2,1-2H3. The van der Waals surface area contributed by atoms with Crippen LogP contribution in [-0.4, -0.2) is 30.3 Å². The Kier molecular flexibility index (Phi) is 3.59. The van der Waals surface area contributed by atoms with Crippen LogP contribution in [0.2, 0.25) is 0 Å². The highest BCUT2D eigenvalue weighted by Gasteiger charge is 2.26. The van der Waals surface area contributed by atoms with Crippen molar-refractivity contribution in [3.63, 3.8) is 0 Å². The van der Waals surface area contributed by atoms with E-state index >= 15 is 0 Å². The fourth-order valence-electron chi connectivity index (χ4n) is 2.75. The van der Waals surface area contributed by atoms with Crippen molar-refractivity contribution in [2.45, 2.75) is 32.5 Å². The van der Waals surface area contributed by atoms with Gasteiger partial charge in [-0.15, -0.1) is 0 Å². The van der Waals surface area contributed by atoms with Crippen molar-refractivity contribution < 1.29 is 4.74 Å². The van der Waals surface area contributed by atoms with Gasteiger partial charge in [0.1, 0.15) is 5.82 Å². The molecule has 1 saturated heterocycles. The van der Waals surface area contributed by atoms with Gasteiger partial charge in [-0.1, -0.05) is 18.2 Å². The first-order chi connectivity index (χ1) is 9.69. The molecule has 20 heavy (non-hydrogen) atoms. The molecule has 0 aliphatic carbocycles. The second kappa shape index (κ2) is 5.38. The number of fused-ring (bicyclic) bond motifs is 1. The molecule has 4 heteroatoms. The fourth-order valence-corrected chi connectivity index (χ4v) is 2.75. The zero-order valence-electron chi connectivity index (χ0n) is 12.0. The Labute approximate surface area is 119 Å². The summed E-state index contributed by atoms with van der Waals surface area (Å²) in [6.45, 7) is 6.37. The van der Waals surface area contributed by atoms with Crippen LogP contribution in [0.1, 0.15) is 19.4 Å². The topological polar surface area (TPSA) is 51.4 Å². The van der Waals surface area contributed by atoms with Crippen LogP contribution < -0.4 is 10.6 Å². The second-order valence-corrected chi connectivity index (χ2v) is 5.51. The number of benzene rings is 1. The van der Waals surface area contributed by atoms with E-state index in [9.17, 15) is 0 Å². The number of pyridine rings is 1. The zero-order valence-corrected chi connectivity index (χ0v) is 12.0. The van der Waals surface area contributed by atoms with Crippen molar-refractivity contribution in [3.8, 4) is 0 Å². The summed E-state index contributed by atoms with van der Waals surface area (Å²) in [7, 11) is 0. The lowest BCUT2D eigenvalue weighted by atomic mass is 10.1. The van der Waals surface area contributed by atoms with Gasteiger partial charge in [-0.3, -0.25) is 0 Å². The molecule has 0 bridgehead atoms. The molecule has 1 aliphatic heterocycles. The third-order valence-corrected chi connectivity index (χ3v) is 3.88. The summed E-state index contributed by atoms with van der Waals surface area (Å²) in [5.41, 5.74) is 8.05. The van der Waals surface area contributed by atoms with Gasteiger partial charge < -0.3 is 15.4 Å². The summed E-state index contributed by atoms with van der Waals surface area (Å²) in [6, 6.07) is 10.7. The summed E-state index contributed by atoms with van der Waals surface area (Å²) < 4.78 is 5.70. The van der Waals surface area contributed by atoms with Gasteiger partial charge in [0, 0.05) is 24.0 Å². The van der Waals surface area contributed by atoms with E-state index < -0.39 is 0 Å². The minimum atomic E-state index is 0.227. The Morgan fingerprint density at radius 3 is 2.95 bits per heavy atom. The average molecular weight is 271 g/mol. The zero-order chi connectivity index (χ0) is 14.1. The first kappa shape index (κ1) is 13.3. The van der Waals surface area contributed by atoms with E-state index in [1.54, 1.807) is 0 Å².